The van der Waals surface area contributed by atoms with Crippen LogP contribution in [0.4, 0.5) is 0 Å². The summed E-state index contributed by atoms with van der Waals surface area (Å²) in [6.07, 6.45) is 1.00. The molecule has 4 nitrogen and oxygen atoms in total. The molecule has 0 bridgehead atoms. The summed E-state index contributed by atoms with van der Waals surface area (Å²) in [4.78, 5) is 19.1. The maximum Gasteiger partial charge on any atom is 0.251 e. The molecule has 0 unspecified atom stereocenters. The van der Waals surface area contributed by atoms with Crippen LogP contribution in [0, 0.1) is 0 Å². The van der Waals surface area contributed by atoms with Gasteiger partial charge in [-0.25, -0.2) is 4.98 Å². The first-order valence-electron chi connectivity index (χ1n) is 8.18. The molecule has 0 radical (unpaired) electrons. The molecule has 4 rings (SSSR count). The van der Waals surface area contributed by atoms with E-state index in [9.17, 15) is 4.79 Å². The van der Waals surface area contributed by atoms with Gasteiger partial charge in [0.2, 0.25) is 0 Å². The number of carbonyl (C=O) groups is 1. The molecule has 122 valence electrons. The van der Waals surface area contributed by atoms with E-state index in [1.165, 1.54) is 5.56 Å². The Morgan fingerprint density at radius 3 is 3.00 bits per heavy atom. The van der Waals surface area contributed by atoms with Gasteiger partial charge in [-0.1, -0.05) is 30.3 Å². The summed E-state index contributed by atoms with van der Waals surface area (Å²) in [5.41, 5.74) is 4.80. The SMILES string of the molecule is O=C(N[C@@H]1CCN(Cc2ccccc2)C1)c1ccc2ncsc2c1. The highest BCUT2D eigenvalue weighted by Crippen LogP contribution is 2.20. The number of hydrogen-bond donors (Lipinski definition) is 1. The predicted octanol–water partition coefficient (Wildman–Crippen LogP) is 3.30. The molecule has 1 saturated heterocycles. The number of likely N-dealkylation sites (tertiary alicyclic amines) is 1. The second-order valence-electron chi connectivity index (χ2n) is 6.21. The molecule has 1 aliphatic rings. The van der Waals surface area contributed by atoms with Crippen molar-refractivity contribution in [2.75, 3.05) is 13.1 Å². The Labute approximate surface area is 145 Å². The summed E-state index contributed by atoms with van der Waals surface area (Å²) in [6, 6.07) is 16.4. The molecule has 3 aromatic rings. The monoisotopic (exact) mass is 337 g/mol. The van der Waals surface area contributed by atoms with E-state index in [2.05, 4.69) is 39.5 Å². The molecule has 5 heteroatoms. The van der Waals surface area contributed by atoms with Gasteiger partial charge in [0.05, 0.1) is 15.7 Å². The Balaban J connectivity index is 1.36. The first-order valence-corrected chi connectivity index (χ1v) is 9.06. The maximum atomic E-state index is 12.5. The average Bonchev–Trinajstić information content (AvgIpc) is 3.24. The van der Waals surface area contributed by atoms with Gasteiger partial charge >= 0.3 is 0 Å². The number of amides is 1. The number of nitrogens with zero attached hydrogens (tertiary/aromatic N) is 2. The van der Waals surface area contributed by atoms with E-state index < -0.39 is 0 Å². The number of fused-ring (bicyclic) bond motifs is 1. The number of aromatic nitrogens is 1. The largest absolute Gasteiger partial charge is 0.348 e. The van der Waals surface area contributed by atoms with E-state index in [0.717, 1.165) is 36.3 Å². The Hall–Kier alpha value is -2.24. The zero-order valence-electron chi connectivity index (χ0n) is 13.3. The number of rotatable bonds is 4. The van der Waals surface area contributed by atoms with Crippen LogP contribution in [-0.4, -0.2) is 34.9 Å². The van der Waals surface area contributed by atoms with Crippen LogP contribution < -0.4 is 5.32 Å². The van der Waals surface area contributed by atoms with Gasteiger partial charge in [0, 0.05) is 31.2 Å². The van der Waals surface area contributed by atoms with Gasteiger partial charge in [-0.05, 0) is 30.2 Å². The minimum Gasteiger partial charge on any atom is -0.348 e. The van der Waals surface area contributed by atoms with Crippen molar-refractivity contribution in [2.45, 2.75) is 19.0 Å². The van der Waals surface area contributed by atoms with E-state index in [0.29, 0.717) is 5.56 Å². The van der Waals surface area contributed by atoms with Crippen LogP contribution in [0.15, 0.2) is 54.0 Å². The van der Waals surface area contributed by atoms with E-state index in [1.807, 2.05) is 29.8 Å². The highest BCUT2D eigenvalue weighted by Gasteiger charge is 2.24. The normalized spacial score (nSPS) is 18.1. The lowest BCUT2D eigenvalue weighted by atomic mass is 10.2. The number of nitrogens with one attached hydrogen (secondary N) is 1. The Bertz CT molecular complexity index is 846. The van der Waals surface area contributed by atoms with Crippen molar-refractivity contribution in [1.82, 2.24) is 15.2 Å². The predicted molar refractivity (Wildman–Crippen MR) is 97.2 cm³/mol. The summed E-state index contributed by atoms with van der Waals surface area (Å²) < 4.78 is 1.06. The third kappa shape index (κ3) is 3.32. The summed E-state index contributed by atoms with van der Waals surface area (Å²) >= 11 is 1.56. The van der Waals surface area contributed by atoms with E-state index in [1.54, 1.807) is 11.3 Å². The van der Waals surface area contributed by atoms with Crippen molar-refractivity contribution in [3.8, 4) is 0 Å². The molecule has 24 heavy (non-hydrogen) atoms. The van der Waals surface area contributed by atoms with E-state index in [-0.39, 0.29) is 11.9 Å². The molecule has 1 N–H and O–H groups in total. The zero-order chi connectivity index (χ0) is 16.4. The summed E-state index contributed by atoms with van der Waals surface area (Å²) in [5.74, 6) is 0.0110. The fourth-order valence-corrected chi connectivity index (χ4v) is 3.92. The van der Waals surface area contributed by atoms with Crippen LogP contribution in [-0.2, 0) is 6.54 Å². The van der Waals surface area contributed by atoms with Gasteiger partial charge in [-0.2, -0.15) is 0 Å². The van der Waals surface area contributed by atoms with Gasteiger partial charge in [0.25, 0.3) is 5.91 Å². The summed E-state index contributed by atoms with van der Waals surface area (Å²) in [5, 5.41) is 3.17. The number of benzene rings is 2. The smallest absolute Gasteiger partial charge is 0.251 e. The van der Waals surface area contributed by atoms with Gasteiger partial charge < -0.3 is 5.32 Å². The van der Waals surface area contributed by atoms with E-state index >= 15 is 0 Å². The van der Waals surface area contributed by atoms with Gasteiger partial charge in [-0.3, -0.25) is 9.69 Å². The molecular formula is C19H19N3OS. The quantitative estimate of drug-likeness (QED) is 0.794. The zero-order valence-corrected chi connectivity index (χ0v) is 14.1. The molecule has 1 amide bonds. The highest BCUT2D eigenvalue weighted by molar-refractivity contribution is 7.16. The van der Waals surface area contributed by atoms with Crippen molar-refractivity contribution >= 4 is 27.5 Å². The summed E-state index contributed by atoms with van der Waals surface area (Å²) in [7, 11) is 0. The molecule has 2 aromatic carbocycles. The first-order chi connectivity index (χ1) is 11.8. The van der Waals surface area contributed by atoms with Crippen LogP contribution in [0.25, 0.3) is 10.2 Å². The topological polar surface area (TPSA) is 45.2 Å². The van der Waals surface area contributed by atoms with Crippen molar-refractivity contribution in [2.24, 2.45) is 0 Å². The minimum absolute atomic E-state index is 0.0110. The average molecular weight is 337 g/mol. The Kier molecular flexibility index (Phi) is 4.28. The molecule has 0 spiro atoms. The lowest BCUT2D eigenvalue weighted by molar-refractivity contribution is 0.0938. The molecule has 1 atom stereocenters. The molecule has 1 fully saturated rings. The number of carbonyl (C=O) groups excluding carboxylic acids is 1. The molecule has 1 aliphatic heterocycles. The standard InChI is InChI=1S/C19H19N3OS/c23-19(15-6-7-17-18(10-15)24-13-20-17)21-16-8-9-22(12-16)11-14-4-2-1-3-5-14/h1-7,10,13,16H,8-9,11-12H2,(H,21,23)/t16-/m1/s1. The number of hydrogen-bond acceptors (Lipinski definition) is 4. The fourth-order valence-electron chi connectivity index (χ4n) is 3.20. The van der Waals surface area contributed by atoms with Crippen molar-refractivity contribution in [1.29, 1.82) is 0 Å². The van der Waals surface area contributed by atoms with Gasteiger partial charge in [0.1, 0.15) is 0 Å². The first kappa shape index (κ1) is 15.3. The second-order valence-corrected chi connectivity index (χ2v) is 7.10. The van der Waals surface area contributed by atoms with Crippen molar-refractivity contribution in [3.05, 3.63) is 65.2 Å². The molecule has 1 aromatic heterocycles. The van der Waals surface area contributed by atoms with Crippen LogP contribution in [0.1, 0.15) is 22.3 Å². The lowest BCUT2D eigenvalue weighted by Gasteiger charge is -2.17. The third-order valence-corrected chi connectivity index (χ3v) is 5.24. The molecule has 0 aliphatic carbocycles. The third-order valence-electron chi connectivity index (χ3n) is 4.45. The highest BCUT2D eigenvalue weighted by atomic mass is 32.1. The van der Waals surface area contributed by atoms with Gasteiger partial charge in [-0.15, -0.1) is 11.3 Å². The maximum absolute atomic E-state index is 12.5. The Morgan fingerprint density at radius 1 is 1.25 bits per heavy atom. The van der Waals surface area contributed by atoms with Gasteiger partial charge in [0.15, 0.2) is 0 Å². The van der Waals surface area contributed by atoms with Crippen LogP contribution >= 0.6 is 11.3 Å². The van der Waals surface area contributed by atoms with Crippen LogP contribution in [0.3, 0.4) is 0 Å². The van der Waals surface area contributed by atoms with Crippen molar-refractivity contribution in [3.63, 3.8) is 0 Å². The Morgan fingerprint density at radius 2 is 2.12 bits per heavy atom. The second kappa shape index (κ2) is 6.71. The number of thiazole rings is 1. The minimum atomic E-state index is 0.0110. The molecule has 0 saturated carbocycles. The van der Waals surface area contributed by atoms with Crippen LogP contribution in [0.5, 0.6) is 0 Å². The summed E-state index contributed by atoms with van der Waals surface area (Å²) in [6.45, 7) is 2.87. The van der Waals surface area contributed by atoms with Crippen LogP contribution in [0.2, 0.25) is 0 Å². The van der Waals surface area contributed by atoms with E-state index in [4.69, 9.17) is 0 Å². The lowest BCUT2D eigenvalue weighted by Crippen LogP contribution is -2.36. The molecule has 2 heterocycles. The molecular weight excluding hydrogens is 318 g/mol. The fraction of sp³-hybridized carbons (Fsp3) is 0.263. The van der Waals surface area contributed by atoms with Crippen molar-refractivity contribution < 1.29 is 4.79 Å².